The highest BCUT2D eigenvalue weighted by Gasteiger charge is 2.17. The quantitative estimate of drug-likeness (QED) is 0.450. The minimum absolute atomic E-state index is 0.137. The molecule has 5 rings (SSSR count). The SMILES string of the molecule is Cn1c(=O)c2c(ncn2CC(=O)Nc2ccc3oc(-c4ccccc4F)nc3c2)n(C)c1=O. The first kappa shape index (κ1) is 20.4. The van der Waals surface area contributed by atoms with Crippen molar-refractivity contribution in [3.63, 3.8) is 0 Å². The van der Waals surface area contributed by atoms with Crippen molar-refractivity contribution in [1.82, 2.24) is 23.7 Å². The average Bonchev–Trinajstić information content (AvgIpc) is 3.40. The highest BCUT2D eigenvalue weighted by atomic mass is 19.1. The van der Waals surface area contributed by atoms with Gasteiger partial charge < -0.3 is 14.3 Å². The number of carbonyl (C=O) groups excluding carboxylic acids is 1. The van der Waals surface area contributed by atoms with Crippen LogP contribution in [0.1, 0.15) is 0 Å². The third kappa shape index (κ3) is 3.39. The van der Waals surface area contributed by atoms with Crippen LogP contribution in [0.5, 0.6) is 0 Å². The smallest absolute Gasteiger partial charge is 0.332 e. The van der Waals surface area contributed by atoms with Gasteiger partial charge in [0.1, 0.15) is 17.9 Å². The minimum Gasteiger partial charge on any atom is -0.436 e. The summed E-state index contributed by atoms with van der Waals surface area (Å²) in [4.78, 5) is 45.6. The molecular formula is C22H17FN6O4. The first-order valence-corrected chi connectivity index (χ1v) is 9.89. The van der Waals surface area contributed by atoms with Gasteiger partial charge in [-0.3, -0.25) is 18.7 Å². The molecule has 0 aliphatic rings. The van der Waals surface area contributed by atoms with E-state index in [2.05, 4.69) is 15.3 Å². The van der Waals surface area contributed by atoms with Gasteiger partial charge in [0.2, 0.25) is 11.8 Å². The summed E-state index contributed by atoms with van der Waals surface area (Å²) in [6.07, 6.45) is 1.34. The van der Waals surface area contributed by atoms with E-state index < -0.39 is 23.0 Å². The Labute approximate surface area is 184 Å². The van der Waals surface area contributed by atoms with Crippen molar-refractivity contribution in [3.05, 3.63) is 75.4 Å². The summed E-state index contributed by atoms with van der Waals surface area (Å²) in [5, 5.41) is 2.74. The molecule has 0 saturated heterocycles. The van der Waals surface area contributed by atoms with Crippen molar-refractivity contribution in [2.45, 2.75) is 6.54 Å². The zero-order valence-corrected chi connectivity index (χ0v) is 17.6. The first-order valence-electron chi connectivity index (χ1n) is 9.89. The third-order valence-electron chi connectivity index (χ3n) is 5.31. The summed E-state index contributed by atoms with van der Waals surface area (Å²) in [7, 11) is 2.87. The Bertz CT molecular complexity index is 1680. The molecule has 1 N–H and O–H groups in total. The second-order valence-electron chi connectivity index (χ2n) is 7.48. The molecule has 0 unspecified atom stereocenters. The second-order valence-corrected chi connectivity index (χ2v) is 7.48. The van der Waals surface area contributed by atoms with Crippen LogP contribution >= 0.6 is 0 Å². The molecule has 10 nitrogen and oxygen atoms in total. The van der Waals surface area contributed by atoms with Gasteiger partial charge in [-0.15, -0.1) is 0 Å². The molecule has 0 bridgehead atoms. The van der Waals surface area contributed by atoms with Crippen LogP contribution in [-0.4, -0.2) is 29.6 Å². The lowest BCUT2D eigenvalue weighted by molar-refractivity contribution is -0.116. The average molecular weight is 448 g/mol. The maximum atomic E-state index is 14.0. The standard InChI is InChI=1S/C22H17FN6O4/c1-27-19-18(21(31)28(2)22(27)32)29(11-24-19)10-17(30)25-12-7-8-16-15(9-12)26-20(33-16)13-5-3-4-6-14(13)23/h3-9,11H,10H2,1-2H3,(H,25,30). The normalized spacial score (nSPS) is 11.4. The summed E-state index contributed by atoms with van der Waals surface area (Å²) in [6.45, 7) is -0.193. The molecule has 33 heavy (non-hydrogen) atoms. The van der Waals surface area contributed by atoms with Crippen molar-refractivity contribution in [2.24, 2.45) is 14.1 Å². The molecule has 5 aromatic rings. The van der Waals surface area contributed by atoms with Gasteiger partial charge in [-0.05, 0) is 30.3 Å². The Balaban J connectivity index is 1.41. The topological polar surface area (TPSA) is 117 Å². The molecule has 0 radical (unpaired) electrons. The zero-order valence-electron chi connectivity index (χ0n) is 17.6. The van der Waals surface area contributed by atoms with Crippen molar-refractivity contribution >= 4 is 33.9 Å². The van der Waals surface area contributed by atoms with Gasteiger partial charge in [0.25, 0.3) is 5.56 Å². The monoisotopic (exact) mass is 448 g/mol. The molecule has 3 heterocycles. The number of halogens is 1. The number of imidazole rings is 1. The van der Waals surface area contributed by atoms with Crippen molar-refractivity contribution in [3.8, 4) is 11.5 Å². The molecule has 1 amide bonds. The van der Waals surface area contributed by atoms with Gasteiger partial charge in [0, 0.05) is 19.8 Å². The predicted molar refractivity (Wildman–Crippen MR) is 118 cm³/mol. The number of nitrogens with one attached hydrogen (secondary N) is 1. The van der Waals surface area contributed by atoms with Crippen LogP contribution in [0.4, 0.5) is 10.1 Å². The van der Waals surface area contributed by atoms with Crippen LogP contribution in [0.25, 0.3) is 33.7 Å². The van der Waals surface area contributed by atoms with Crippen LogP contribution in [0.2, 0.25) is 0 Å². The van der Waals surface area contributed by atoms with Crippen molar-refractivity contribution < 1.29 is 13.6 Å². The second kappa shape index (κ2) is 7.55. The van der Waals surface area contributed by atoms with E-state index in [4.69, 9.17) is 4.42 Å². The highest BCUT2D eigenvalue weighted by Crippen LogP contribution is 2.27. The highest BCUT2D eigenvalue weighted by molar-refractivity contribution is 5.93. The molecule has 11 heteroatoms. The largest absolute Gasteiger partial charge is 0.436 e. The summed E-state index contributed by atoms with van der Waals surface area (Å²) in [5.41, 5.74) is 0.880. The fourth-order valence-corrected chi connectivity index (χ4v) is 3.63. The predicted octanol–water partition coefficient (Wildman–Crippen LogP) is 2.02. The minimum atomic E-state index is -0.539. The van der Waals surface area contributed by atoms with E-state index in [1.165, 1.54) is 35.6 Å². The van der Waals surface area contributed by atoms with Gasteiger partial charge in [0.15, 0.2) is 16.7 Å². The number of benzene rings is 2. The lowest BCUT2D eigenvalue weighted by Gasteiger charge is -2.08. The molecule has 0 aliphatic carbocycles. The van der Waals surface area contributed by atoms with E-state index in [0.717, 1.165) is 4.57 Å². The molecule has 0 aliphatic heterocycles. The number of amides is 1. The Morgan fingerprint density at radius 3 is 2.70 bits per heavy atom. The molecule has 3 aromatic heterocycles. The number of oxazole rings is 1. The Kier molecular flexibility index (Phi) is 4.66. The van der Waals surface area contributed by atoms with E-state index in [1.807, 2.05) is 0 Å². The number of hydrogen-bond donors (Lipinski definition) is 1. The maximum absolute atomic E-state index is 14.0. The molecule has 166 valence electrons. The van der Waals surface area contributed by atoms with E-state index >= 15 is 0 Å². The number of rotatable bonds is 4. The summed E-state index contributed by atoms with van der Waals surface area (Å²) >= 11 is 0. The van der Waals surface area contributed by atoms with E-state index in [-0.39, 0.29) is 29.2 Å². The van der Waals surface area contributed by atoms with Crippen LogP contribution in [0, 0.1) is 5.82 Å². The van der Waals surface area contributed by atoms with Gasteiger partial charge in [-0.2, -0.15) is 0 Å². The number of aromatic nitrogens is 5. The molecule has 0 fully saturated rings. The fourth-order valence-electron chi connectivity index (χ4n) is 3.63. The van der Waals surface area contributed by atoms with E-state index in [0.29, 0.717) is 16.8 Å². The molecule has 0 saturated carbocycles. The van der Waals surface area contributed by atoms with E-state index in [1.54, 1.807) is 36.4 Å². The van der Waals surface area contributed by atoms with Crippen molar-refractivity contribution in [2.75, 3.05) is 5.32 Å². The number of fused-ring (bicyclic) bond motifs is 2. The Morgan fingerprint density at radius 1 is 1.12 bits per heavy atom. The van der Waals surface area contributed by atoms with Gasteiger partial charge in [-0.25, -0.2) is 19.2 Å². The maximum Gasteiger partial charge on any atom is 0.332 e. The molecule has 0 atom stereocenters. The van der Waals surface area contributed by atoms with Crippen LogP contribution in [-0.2, 0) is 25.4 Å². The zero-order chi connectivity index (χ0) is 23.3. The van der Waals surface area contributed by atoms with Gasteiger partial charge in [0.05, 0.1) is 11.9 Å². The van der Waals surface area contributed by atoms with Gasteiger partial charge >= 0.3 is 5.69 Å². The summed E-state index contributed by atoms with van der Waals surface area (Å²) < 4.78 is 23.3. The molecule has 2 aromatic carbocycles. The number of carbonyl (C=O) groups is 1. The summed E-state index contributed by atoms with van der Waals surface area (Å²) in [6, 6.07) is 11.0. The molecule has 0 spiro atoms. The number of hydrogen-bond acceptors (Lipinski definition) is 6. The molecular weight excluding hydrogens is 431 g/mol. The number of nitrogens with zero attached hydrogens (tertiary/aromatic N) is 5. The first-order chi connectivity index (χ1) is 15.8. The Hall–Kier alpha value is -4.54. The van der Waals surface area contributed by atoms with Crippen LogP contribution in [0.3, 0.4) is 0 Å². The number of aryl methyl sites for hydroxylation is 1. The van der Waals surface area contributed by atoms with Crippen LogP contribution < -0.4 is 16.6 Å². The van der Waals surface area contributed by atoms with Crippen LogP contribution in [0.15, 0.2) is 62.8 Å². The lowest BCUT2D eigenvalue weighted by Crippen LogP contribution is -2.37. The van der Waals surface area contributed by atoms with Gasteiger partial charge in [-0.1, -0.05) is 12.1 Å². The lowest BCUT2D eigenvalue weighted by atomic mass is 10.2. The summed E-state index contributed by atoms with van der Waals surface area (Å²) in [5.74, 6) is -0.728. The van der Waals surface area contributed by atoms with E-state index in [9.17, 15) is 18.8 Å². The Morgan fingerprint density at radius 2 is 1.91 bits per heavy atom. The fraction of sp³-hybridized carbons (Fsp3) is 0.136. The number of anilines is 1. The van der Waals surface area contributed by atoms with Crippen molar-refractivity contribution in [1.29, 1.82) is 0 Å². The third-order valence-corrected chi connectivity index (χ3v) is 5.31.